The van der Waals surface area contributed by atoms with Gasteiger partial charge in [-0.1, -0.05) is 12.1 Å². The number of aromatic nitrogens is 1. The SMILES string of the molecule is Nc1cccc(-c2nc(-c3cc(Br)cs3)cs2)c1. The van der Waals surface area contributed by atoms with Crippen molar-refractivity contribution in [2.75, 3.05) is 5.73 Å². The molecule has 0 atom stereocenters. The Morgan fingerprint density at radius 3 is 2.72 bits per heavy atom. The predicted octanol–water partition coefficient (Wildman–Crippen LogP) is 4.88. The zero-order valence-electron chi connectivity index (χ0n) is 9.26. The molecule has 0 radical (unpaired) electrons. The van der Waals surface area contributed by atoms with E-state index in [9.17, 15) is 0 Å². The van der Waals surface area contributed by atoms with Gasteiger partial charge in [0.15, 0.2) is 0 Å². The maximum absolute atomic E-state index is 5.79. The van der Waals surface area contributed by atoms with Crippen LogP contribution in [0.25, 0.3) is 21.1 Å². The number of nitrogens with zero attached hydrogens (tertiary/aromatic N) is 1. The van der Waals surface area contributed by atoms with Crippen molar-refractivity contribution in [3.8, 4) is 21.1 Å². The van der Waals surface area contributed by atoms with Gasteiger partial charge in [0, 0.05) is 26.5 Å². The first kappa shape index (κ1) is 11.9. The Labute approximate surface area is 121 Å². The van der Waals surface area contributed by atoms with Crippen LogP contribution in [0.1, 0.15) is 0 Å². The summed E-state index contributed by atoms with van der Waals surface area (Å²) in [4.78, 5) is 5.83. The monoisotopic (exact) mass is 336 g/mol. The van der Waals surface area contributed by atoms with E-state index in [-0.39, 0.29) is 0 Å². The Morgan fingerprint density at radius 2 is 2.00 bits per heavy atom. The van der Waals surface area contributed by atoms with Gasteiger partial charge >= 0.3 is 0 Å². The third-order valence-corrected chi connectivity index (χ3v) is 5.06. The normalized spacial score (nSPS) is 10.7. The predicted molar refractivity (Wildman–Crippen MR) is 83.0 cm³/mol. The van der Waals surface area contributed by atoms with Gasteiger partial charge in [0.05, 0.1) is 10.6 Å². The molecule has 0 amide bonds. The summed E-state index contributed by atoms with van der Waals surface area (Å²) < 4.78 is 1.10. The molecule has 0 aliphatic carbocycles. The number of nitrogen functional groups attached to an aromatic ring is 1. The van der Waals surface area contributed by atoms with Crippen LogP contribution in [0.2, 0.25) is 0 Å². The lowest BCUT2D eigenvalue weighted by Crippen LogP contribution is -1.84. The summed E-state index contributed by atoms with van der Waals surface area (Å²) in [7, 11) is 0. The number of halogens is 1. The third-order valence-electron chi connectivity index (χ3n) is 2.46. The molecule has 90 valence electrons. The summed E-state index contributed by atoms with van der Waals surface area (Å²) >= 11 is 6.79. The van der Waals surface area contributed by atoms with Crippen LogP contribution in [-0.2, 0) is 0 Å². The average molecular weight is 337 g/mol. The molecule has 0 spiro atoms. The van der Waals surface area contributed by atoms with Gasteiger partial charge in [-0.05, 0) is 34.1 Å². The first-order chi connectivity index (χ1) is 8.72. The van der Waals surface area contributed by atoms with Crippen molar-refractivity contribution < 1.29 is 0 Å². The van der Waals surface area contributed by atoms with Crippen LogP contribution >= 0.6 is 38.6 Å². The Kier molecular flexibility index (Phi) is 3.20. The number of rotatable bonds is 2. The standard InChI is InChI=1S/C13H9BrN2S2/c14-9-5-12(17-6-9)11-7-18-13(16-11)8-2-1-3-10(15)4-8/h1-7H,15H2. The topological polar surface area (TPSA) is 38.9 Å². The van der Waals surface area contributed by atoms with Crippen molar-refractivity contribution in [1.82, 2.24) is 4.98 Å². The highest BCUT2D eigenvalue weighted by Crippen LogP contribution is 2.33. The molecule has 5 heteroatoms. The quantitative estimate of drug-likeness (QED) is 0.677. The molecule has 0 fully saturated rings. The number of anilines is 1. The van der Waals surface area contributed by atoms with Gasteiger partial charge < -0.3 is 5.73 Å². The lowest BCUT2D eigenvalue weighted by atomic mass is 10.2. The second-order valence-electron chi connectivity index (χ2n) is 3.79. The molecule has 0 unspecified atom stereocenters. The fourth-order valence-electron chi connectivity index (χ4n) is 1.64. The molecule has 3 aromatic rings. The number of thiophene rings is 1. The van der Waals surface area contributed by atoms with E-state index in [1.807, 2.05) is 24.3 Å². The van der Waals surface area contributed by atoms with Crippen LogP contribution in [0.3, 0.4) is 0 Å². The zero-order chi connectivity index (χ0) is 12.5. The molecule has 1 aromatic carbocycles. The molecule has 2 heterocycles. The summed E-state index contributed by atoms with van der Waals surface area (Å²) in [6.45, 7) is 0. The van der Waals surface area contributed by atoms with E-state index in [1.165, 1.54) is 4.88 Å². The lowest BCUT2D eigenvalue weighted by Gasteiger charge is -1.97. The highest BCUT2D eigenvalue weighted by Gasteiger charge is 2.08. The fourth-order valence-corrected chi connectivity index (χ4v) is 3.92. The van der Waals surface area contributed by atoms with E-state index in [4.69, 9.17) is 5.73 Å². The van der Waals surface area contributed by atoms with E-state index in [2.05, 4.69) is 37.7 Å². The van der Waals surface area contributed by atoms with E-state index < -0.39 is 0 Å². The second kappa shape index (κ2) is 4.84. The molecule has 0 bridgehead atoms. The summed E-state index contributed by atoms with van der Waals surface area (Å²) in [5.74, 6) is 0. The molecule has 2 nitrogen and oxygen atoms in total. The van der Waals surface area contributed by atoms with Gasteiger partial charge in [0.1, 0.15) is 5.01 Å². The van der Waals surface area contributed by atoms with Crippen molar-refractivity contribution in [2.45, 2.75) is 0 Å². The minimum atomic E-state index is 0.767. The second-order valence-corrected chi connectivity index (χ2v) is 6.48. The van der Waals surface area contributed by atoms with Gasteiger partial charge in [-0.3, -0.25) is 0 Å². The summed E-state index contributed by atoms with van der Waals surface area (Å²) in [5.41, 5.74) is 8.65. The third kappa shape index (κ3) is 2.34. The highest BCUT2D eigenvalue weighted by molar-refractivity contribution is 9.10. The van der Waals surface area contributed by atoms with Crippen LogP contribution in [0.4, 0.5) is 5.69 Å². The Bertz CT molecular complexity index is 688. The van der Waals surface area contributed by atoms with E-state index in [1.54, 1.807) is 22.7 Å². The molecule has 2 aromatic heterocycles. The number of benzene rings is 1. The minimum absolute atomic E-state index is 0.767. The lowest BCUT2D eigenvalue weighted by molar-refractivity contribution is 1.42. The van der Waals surface area contributed by atoms with Crippen LogP contribution in [0.15, 0.2) is 45.6 Å². The number of nitrogens with two attached hydrogens (primary N) is 1. The van der Waals surface area contributed by atoms with Gasteiger partial charge in [0.25, 0.3) is 0 Å². The Balaban J connectivity index is 1.99. The molecular weight excluding hydrogens is 328 g/mol. The minimum Gasteiger partial charge on any atom is -0.399 e. The van der Waals surface area contributed by atoms with Crippen LogP contribution in [-0.4, -0.2) is 4.98 Å². The largest absolute Gasteiger partial charge is 0.399 e. The van der Waals surface area contributed by atoms with Gasteiger partial charge in [-0.2, -0.15) is 0 Å². The summed E-state index contributed by atoms with van der Waals surface area (Å²) in [6.07, 6.45) is 0. The maximum atomic E-state index is 5.79. The molecule has 3 rings (SSSR count). The van der Waals surface area contributed by atoms with E-state index in [0.717, 1.165) is 26.4 Å². The molecule has 2 N–H and O–H groups in total. The van der Waals surface area contributed by atoms with E-state index >= 15 is 0 Å². The Morgan fingerprint density at radius 1 is 1.11 bits per heavy atom. The van der Waals surface area contributed by atoms with Crippen LogP contribution < -0.4 is 5.73 Å². The summed E-state index contributed by atoms with van der Waals surface area (Å²) in [5, 5.41) is 5.15. The molecule has 18 heavy (non-hydrogen) atoms. The Hall–Kier alpha value is -1.17. The molecule has 0 aliphatic heterocycles. The summed E-state index contributed by atoms with van der Waals surface area (Å²) in [6, 6.07) is 9.90. The number of hydrogen-bond acceptors (Lipinski definition) is 4. The van der Waals surface area contributed by atoms with E-state index in [0.29, 0.717) is 0 Å². The molecule has 0 aliphatic rings. The van der Waals surface area contributed by atoms with Crippen molar-refractivity contribution in [2.24, 2.45) is 0 Å². The highest BCUT2D eigenvalue weighted by atomic mass is 79.9. The maximum Gasteiger partial charge on any atom is 0.124 e. The zero-order valence-corrected chi connectivity index (χ0v) is 12.5. The van der Waals surface area contributed by atoms with Crippen molar-refractivity contribution in [1.29, 1.82) is 0 Å². The van der Waals surface area contributed by atoms with Gasteiger partial charge in [-0.15, -0.1) is 22.7 Å². The van der Waals surface area contributed by atoms with Gasteiger partial charge in [0.2, 0.25) is 0 Å². The first-order valence-corrected chi connectivity index (χ1v) is 7.83. The molecular formula is C13H9BrN2S2. The first-order valence-electron chi connectivity index (χ1n) is 5.28. The smallest absolute Gasteiger partial charge is 0.124 e. The fraction of sp³-hybridized carbons (Fsp3) is 0. The van der Waals surface area contributed by atoms with Crippen molar-refractivity contribution >= 4 is 44.3 Å². The van der Waals surface area contributed by atoms with Crippen LogP contribution in [0, 0.1) is 0 Å². The number of hydrogen-bond donors (Lipinski definition) is 1. The van der Waals surface area contributed by atoms with Crippen molar-refractivity contribution in [3.05, 3.63) is 45.6 Å². The number of thiazole rings is 1. The van der Waals surface area contributed by atoms with Crippen molar-refractivity contribution in [3.63, 3.8) is 0 Å². The molecule has 0 saturated heterocycles. The van der Waals surface area contributed by atoms with Crippen LogP contribution in [0.5, 0.6) is 0 Å². The van der Waals surface area contributed by atoms with Gasteiger partial charge in [-0.25, -0.2) is 4.98 Å². The molecule has 0 saturated carbocycles. The average Bonchev–Trinajstić information content (AvgIpc) is 2.97.